The molecule has 2 atom stereocenters. The van der Waals surface area contributed by atoms with Gasteiger partial charge in [0.15, 0.2) is 0 Å². The van der Waals surface area contributed by atoms with E-state index in [9.17, 15) is 4.79 Å². The minimum Gasteiger partial charge on any atom is -0.339 e. The Hall–Kier alpha value is -2.44. The number of carbonyl (C=O) groups is 1. The van der Waals surface area contributed by atoms with Crippen LogP contribution in [0.25, 0.3) is 0 Å². The highest BCUT2D eigenvalue weighted by Gasteiger charge is 2.46. The molecule has 1 aliphatic carbocycles. The lowest BCUT2D eigenvalue weighted by Crippen LogP contribution is -2.49. The first kappa shape index (κ1) is 14.2. The van der Waals surface area contributed by atoms with E-state index in [-0.39, 0.29) is 11.8 Å². The largest absolute Gasteiger partial charge is 0.339 e. The van der Waals surface area contributed by atoms with E-state index in [0.29, 0.717) is 5.92 Å². The number of amides is 1. The van der Waals surface area contributed by atoms with Crippen LogP contribution in [0, 0.1) is 5.92 Å². The first-order valence-electron chi connectivity index (χ1n) is 8.01. The van der Waals surface area contributed by atoms with Crippen molar-refractivity contribution in [1.29, 1.82) is 0 Å². The predicted octanol–water partition coefficient (Wildman–Crippen LogP) is 0.662. The molecule has 7 nitrogen and oxygen atoms in total. The quantitative estimate of drug-likeness (QED) is 0.833. The standard InChI is InChI=1S/C16H20N6O/c1-20-11-12(10-19-20)13-9-14(13)15(23)21-5-7-22(8-6-21)16-17-3-2-4-18-16/h2-4,10-11,13-14H,5-9H2,1H3/t13-,14-/m1/s1. The Morgan fingerprint density at radius 2 is 1.91 bits per heavy atom. The number of hydrogen-bond acceptors (Lipinski definition) is 5. The topological polar surface area (TPSA) is 67.2 Å². The van der Waals surface area contributed by atoms with Gasteiger partial charge in [0.2, 0.25) is 11.9 Å². The van der Waals surface area contributed by atoms with E-state index in [2.05, 4.69) is 20.0 Å². The Labute approximate surface area is 134 Å². The molecule has 0 N–H and O–H groups in total. The van der Waals surface area contributed by atoms with Crippen LogP contribution in [0.5, 0.6) is 0 Å². The maximum absolute atomic E-state index is 12.6. The summed E-state index contributed by atoms with van der Waals surface area (Å²) >= 11 is 0. The fraction of sp³-hybridized carbons (Fsp3) is 0.500. The van der Waals surface area contributed by atoms with Crippen molar-refractivity contribution >= 4 is 11.9 Å². The second kappa shape index (κ2) is 5.64. The maximum atomic E-state index is 12.6. The summed E-state index contributed by atoms with van der Waals surface area (Å²) in [6.07, 6.45) is 8.35. The van der Waals surface area contributed by atoms with Crippen LogP contribution in [0.15, 0.2) is 30.9 Å². The maximum Gasteiger partial charge on any atom is 0.226 e. The normalized spacial score (nSPS) is 23.9. The van der Waals surface area contributed by atoms with Crippen molar-refractivity contribution in [2.24, 2.45) is 13.0 Å². The van der Waals surface area contributed by atoms with E-state index in [1.165, 1.54) is 5.56 Å². The zero-order valence-electron chi connectivity index (χ0n) is 13.2. The van der Waals surface area contributed by atoms with Crippen molar-refractivity contribution in [3.8, 4) is 0 Å². The fourth-order valence-electron chi connectivity index (χ4n) is 3.28. The summed E-state index contributed by atoms with van der Waals surface area (Å²) in [4.78, 5) is 25.3. The molecule has 0 unspecified atom stereocenters. The van der Waals surface area contributed by atoms with Crippen LogP contribution in [0.3, 0.4) is 0 Å². The smallest absolute Gasteiger partial charge is 0.226 e. The zero-order chi connectivity index (χ0) is 15.8. The second-order valence-electron chi connectivity index (χ2n) is 6.26. The summed E-state index contributed by atoms with van der Waals surface area (Å²) in [6.45, 7) is 3.07. The van der Waals surface area contributed by atoms with Gasteiger partial charge >= 0.3 is 0 Å². The molecule has 4 rings (SSSR count). The van der Waals surface area contributed by atoms with Gasteiger partial charge in [-0.2, -0.15) is 5.10 Å². The monoisotopic (exact) mass is 312 g/mol. The number of hydrogen-bond donors (Lipinski definition) is 0. The Morgan fingerprint density at radius 1 is 1.17 bits per heavy atom. The number of aromatic nitrogens is 4. The third-order valence-electron chi connectivity index (χ3n) is 4.69. The zero-order valence-corrected chi connectivity index (χ0v) is 13.2. The van der Waals surface area contributed by atoms with Gasteiger partial charge < -0.3 is 9.80 Å². The highest BCUT2D eigenvalue weighted by atomic mass is 16.2. The summed E-state index contributed by atoms with van der Waals surface area (Å²) in [6, 6.07) is 1.81. The molecule has 23 heavy (non-hydrogen) atoms. The molecular weight excluding hydrogens is 292 g/mol. The molecule has 2 aromatic rings. The number of carbonyl (C=O) groups excluding carboxylic acids is 1. The van der Waals surface area contributed by atoms with Crippen LogP contribution in [-0.4, -0.2) is 56.7 Å². The lowest BCUT2D eigenvalue weighted by atomic mass is 10.1. The van der Waals surface area contributed by atoms with Gasteiger partial charge in [-0.25, -0.2) is 9.97 Å². The Kier molecular flexibility index (Phi) is 3.48. The van der Waals surface area contributed by atoms with E-state index in [4.69, 9.17) is 0 Å². The van der Waals surface area contributed by atoms with Crippen LogP contribution in [0.2, 0.25) is 0 Å². The lowest BCUT2D eigenvalue weighted by Gasteiger charge is -2.34. The van der Waals surface area contributed by atoms with E-state index < -0.39 is 0 Å². The van der Waals surface area contributed by atoms with E-state index in [1.807, 2.05) is 30.4 Å². The molecule has 1 saturated heterocycles. The van der Waals surface area contributed by atoms with Gasteiger partial charge in [-0.05, 0) is 24.0 Å². The average molecular weight is 312 g/mol. The molecule has 0 spiro atoms. The van der Waals surface area contributed by atoms with E-state index >= 15 is 0 Å². The summed E-state index contributed by atoms with van der Waals surface area (Å²) in [5.74, 6) is 1.53. The van der Waals surface area contributed by atoms with Crippen LogP contribution in [0.4, 0.5) is 5.95 Å². The number of nitrogens with zero attached hydrogens (tertiary/aromatic N) is 6. The Balaban J connectivity index is 1.33. The van der Waals surface area contributed by atoms with Gasteiger partial charge in [0.25, 0.3) is 0 Å². The summed E-state index contributed by atoms with van der Waals surface area (Å²) in [5, 5.41) is 4.20. The van der Waals surface area contributed by atoms with Crippen LogP contribution >= 0.6 is 0 Å². The molecule has 1 aliphatic heterocycles. The summed E-state index contributed by atoms with van der Waals surface area (Å²) in [5.41, 5.74) is 1.18. The molecule has 2 fully saturated rings. The predicted molar refractivity (Wildman–Crippen MR) is 84.9 cm³/mol. The highest BCUT2D eigenvalue weighted by molar-refractivity contribution is 5.83. The third kappa shape index (κ3) is 2.78. The molecule has 2 aromatic heterocycles. The molecule has 0 bridgehead atoms. The first-order chi connectivity index (χ1) is 11.2. The Bertz CT molecular complexity index is 692. The SMILES string of the molecule is Cn1cc([C@H]2C[C@H]2C(=O)N2CCN(c3ncccn3)CC2)cn1. The van der Waals surface area contributed by atoms with Crippen molar-refractivity contribution in [1.82, 2.24) is 24.6 Å². The highest BCUT2D eigenvalue weighted by Crippen LogP contribution is 2.48. The minimum absolute atomic E-state index is 0.138. The minimum atomic E-state index is 0.138. The van der Waals surface area contributed by atoms with Gasteiger partial charge in [0.1, 0.15) is 0 Å². The Morgan fingerprint density at radius 3 is 2.57 bits per heavy atom. The molecule has 0 radical (unpaired) electrons. The first-order valence-corrected chi connectivity index (χ1v) is 8.01. The second-order valence-corrected chi connectivity index (χ2v) is 6.26. The van der Waals surface area contributed by atoms with Crippen LogP contribution in [0.1, 0.15) is 17.9 Å². The van der Waals surface area contributed by atoms with Gasteiger partial charge in [-0.1, -0.05) is 0 Å². The number of piperazine rings is 1. The molecule has 3 heterocycles. The fourth-order valence-corrected chi connectivity index (χ4v) is 3.28. The number of anilines is 1. The van der Waals surface area contributed by atoms with Crippen LogP contribution < -0.4 is 4.90 Å². The summed E-state index contributed by atoms with van der Waals surface area (Å²) < 4.78 is 1.80. The molecule has 1 saturated carbocycles. The van der Waals surface area contributed by atoms with E-state index in [0.717, 1.165) is 38.5 Å². The van der Waals surface area contributed by atoms with E-state index in [1.54, 1.807) is 17.1 Å². The molecule has 120 valence electrons. The van der Waals surface area contributed by atoms with Crippen molar-refractivity contribution in [2.75, 3.05) is 31.1 Å². The molecule has 0 aromatic carbocycles. The molecule has 1 amide bonds. The molecular formula is C16H20N6O. The van der Waals surface area contributed by atoms with Crippen LogP contribution in [-0.2, 0) is 11.8 Å². The van der Waals surface area contributed by atoms with Crippen molar-refractivity contribution in [2.45, 2.75) is 12.3 Å². The van der Waals surface area contributed by atoms with Gasteiger partial charge in [0.05, 0.1) is 6.20 Å². The van der Waals surface area contributed by atoms with Crippen molar-refractivity contribution in [3.05, 3.63) is 36.4 Å². The lowest BCUT2D eigenvalue weighted by molar-refractivity contribution is -0.133. The van der Waals surface area contributed by atoms with Crippen molar-refractivity contribution < 1.29 is 4.79 Å². The number of aryl methyl sites for hydroxylation is 1. The third-order valence-corrected chi connectivity index (χ3v) is 4.69. The van der Waals surface area contributed by atoms with Gasteiger partial charge in [-0.15, -0.1) is 0 Å². The van der Waals surface area contributed by atoms with Gasteiger partial charge in [0, 0.05) is 57.7 Å². The van der Waals surface area contributed by atoms with Gasteiger partial charge in [-0.3, -0.25) is 9.48 Å². The summed E-state index contributed by atoms with van der Waals surface area (Å²) in [7, 11) is 1.91. The van der Waals surface area contributed by atoms with Crippen molar-refractivity contribution in [3.63, 3.8) is 0 Å². The molecule has 7 heteroatoms. The molecule has 2 aliphatic rings. The number of rotatable bonds is 3. The average Bonchev–Trinajstić information content (AvgIpc) is 3.29.